The second kappa shape index (κ2) is 5.21. The summed E-state index contributed by atoms with van der Waals surface area (Å²) in [5.74, 6) is 0. The van der Waals surface area contributed by atoms with Gasteiger partial charge in [0.15, 0.2) is 6.29 Å². The quantitative estimate of drug-likeness (QED) is 0.408. The maximum absolute atomic E-state index is 10.1. The van der Waals surface area contributed by atoms with Crippen molar-refractivity contribution < 1.29 is 19.0 Å². The van der Waals surface area contributed by atoms with Gasteiger partial charge in [-0.05, 0) is 0 Å². The lowest BCUT2D eigenvalue weighted by molar-refractivity contribution is -0.166. The Hall–Kier alpha value is -0.600. The van der Waals surface area contributed by atoms with Gasteiger partial charge in [-0.1, -0.05) is 4.57 Å². The van der Waals surface area contributed by atoms with E-state index in [1.165, 1.54) is 0 Å². The van der Waals surface area contributed by atoms with Gasteiger partial charge in [0.2, 0.25) is 5.66 Å². The number of rotatable bonds is 5. The second-order valence-electron chi connectivity index (χ2n) is 1.73. The molecule has 2 atom stereocenters. The van der Waals surface area contributed by atoms with Crippen LogP contribution in [0, 0.1) is 0 Å². The SMILES string of the molecule is O=CCCC(C=O)[P+](=O)[O-]. The van der Waals surface area contributed by atoms with Crippen molar-refractivity contribution in [3.8, 4) is 0 Å². The molecule has 0 rings (SSSR count). The van der Waals surface area contributed by atoms with Crippen molar-refractivity contribution in [3.63, 3.8) is 0 Å². The molecule has 0 amide bonds. The molecule has 56 valence electrons. The number of hydrogen-bond donors (Lipinski definition) is 0. The van der Waals surface area contributed by atoms with Gasteiger partial charge in [-0.2, -0.15) is 0 Å². The van der Waals surface area contributed by atoms with E-state index in [1.807, 2.05) is 0 Å². The van der Waals surface area contributed by atoms with Crippen LogP contribution in [0.3, 0.4) is 0 Å². The van der Waals surface area contributed by atoms with Crippen LogP contribution in [0.15, 0.2) is 0 Å². The van der Waals surface area contributed by atoms with Gasteiger partial charge in [0.25, 0.3) is 0 Å². The van der Waals surface area contributed by atoms with Crippen LogP contribution in [-0.2, 0) is 14.2 Å². The normalized spacial score (nSPS) is 13.9. The van der Waals surface area contributed by atoms with Gasteiger partial charge in [-0.3, -0.25) is 4.79 Å². The van der Waals surface area contributed by atoms with Gasteiger partial charge in [-0.25, -0.2) is 0 Å². The van der Waals surface area contributed by atoms with Crippen LogP contribution < -0.4 is 4.89 Å². The Labute approximate surface area is 59.1 Å². The smallest absolute Gasteiger partial charge is 0.319 e. The van der Waals surface area contributed by atoms with Crippen molar-refractivity contribution >= 4 is 20.6 Å². The lowest BCUT2D eigenvalue weighted by Gasteiger charge is -1.95. The molecule has 2 unspecified atom stereocenters. The van der Waals surface area contributed by atoms with Crippen LogP contribution in [0.4, 0.5) is 0 Å². The maximum Gasteiger partial charge on any atom is 0.319 e. The summed E-state index contributed by atoms with van der Waals surface area (Å²) < 4.78 is 10.1. The molecule has 0 aromatic heterocycles. The Morgan fingerprint density at radius 3 is 2.40 bits per heavy atom. The molecule has 0 saturated carbocycles. The molecule has 0 aromatic rings. The van der Waals surface area contributed by atoms with E-state index in [9.17, 15) is 19.0 Å². The summed E-state index contributed by atoms with van der Waals surface area (Å²) in [7, 11) is -2.70. The second-order valence-corrected chi connectivity index (χ2v) is 2.97. The van der Waals surface area contributed by atoms with Crippen LogP contribution in [0.25, 0.3) is 0 Å². The molecular weight excluding hydrogens is 155 g/mol. The van der Waals surface area contributed by atoms with Crippen molar-refractivity contribution in [2.24, 2.45) is 0 Å². The van der Waals surface area contributed by atoms with Gasteiger partial charge >= 0.3 is 8.03 Å². The van der Waals surface area contributed by atoms with E-state index in [-0.39, 0.29) is 12.8 Å². The van der Waals surface area contributed by atoms with E-state index in [2.05, 4.69) is 0 Å². The predicted molar refractivity (Wildman–Crippen MR) is 32.8 cm³/mol. The minimum Gasteiger partial charge on any atom is -0.595 e. The van der Waals surface area contributed by atoms with Crippen LogP contribution in [0.2, 0.25) is 0 Å². The summed E-state index contributed by atoms with van der Waals surface area (Å²) >= 11 is 0. The molecule has 0 N–H and O–H groups in total. The Bertz CT molecular complexity index is 145. The van der Waals surface area contributed by atoms with Crippen LogP contribution >= 0.6 is 8.03 Å². The minimum atomic E-state index is -2.70. The monoisotopic (exact) mass is 162 g/mol. The van der Waals surface area contributed by atoms with Crippen molar-refractivity contribution in [2.75, 3.05) is 0 Å². The summed E-state index contributed by atoms with van der Waals surface area (Å²) in [6.45, 7) is 0. The summed E-state index contributed by atoms with van der Waals surface area (Å²) in [5.41, 5.74) is -0.986. The fourth-order valence-electron chi connectivity index (χ4n) is 0.462. The first-order valence-corrected chi connectivity index (χ1v) is 3.99. The molecule has 4 nitrogen and oxygen atoms in total. The first-order chi connectivity index (χ1) is 4.72. The van der Waals surface area contributed by atoms with E-state index < -0.39 is 13.7 Å². The zero-order valence-corrected chi connectivity index (χ0v) is 6.12. The zero-order chi connectivity index (χ0) is 7.98. The lowest BCUT2D eigenvalue weighted by atomic mass is 10.3. The summed E-state index contributed by atoms with van der Waals surface area (Å²) in [6, 6.07) is 0. The van der Waals surface area contributed by atoms with E-state index in [0.29, 0.717) is 12.6 Å². The topological polar surface area (TPSA) is 74.3 Å². The van der Waals surface area contributed by atoms with Gasteiger partial charge in [-0.15, -0.1) is 0 Å². The molecule has 0 fully saturated rings. The lowest BCUT2D eigenvalue weighted by Crippen LogP contribution is -2.09. The van der Waals surface area contributed by atoms with Crippen LogP contribution in [0.5, 0.6) is 0 Å². The van der Waals surface area contributed by atoms with E-state index in [1.54, 1.807) is 0 Å². The summed E-state index contributed by atoms with van der Waals surface area (Å²) in [6.07, 6.45) is 1.16. The number of aldehydes is 2. The molecule has 0 aliphatic carbocycles. The standard InChI is InChI=1S/C5H7O4P/c6-3-1-2-5(4-7)10(8)9/h3-5H,1-2H2. The third-order valence-electron chi connectivity index (χ3n) is 1.01. The molecule has 5 heteroatoms. The third-order valence-corrected chi connectivity index (χ3v) is 1.93. The Morgan fingerprint density at radius 1 is 1.50 bits per heavy atom. The van der Waals surface area contributed by atoms with Gasteiger partial charge in [0, 0.05) is 12.8 Å². The Kier molecular flexibility index (Phi) is 4.89. The highest BCUT2D eigenvalue weighted by atomic mass is 31.1. The highest BCUT2D eigenvalue weighted by Crippen LogP contribution is 2.19. The molecule has 0 bridgehead atoms. The first kappa shape index (κ1) is 9.40. The Balaban J connectivity index is 3.71. The van der Waals surface area contributed by atoms with Gasteiger partial charge in [0.1, 0.15) is 6.29 Å². The maximum atomic E-state index is 10.1. The minimum absolute atomic E-state index is 0.103. The van der Waals surface area contributed by atoms with Crippen molar-refractivity contribution in [1.82, 2.24) is 0 Å². The largest absolute Gasteiger partial charge is 0.595 e. The average Bonchev–Trinajstić information content (AvgIpc) is 1.89. The fourth-order valence-corrected chi connectivity index (χ4v) is 0.921. The molecular formula is C5H7O4P. The van der Waals surface area contributed by atoms with Crippen molar-refractivity contribution in [3.05, 3.63) is 0 Å². The molecule has 0 saturated heterocycles. The molecule has 0 aliphatic rings. The Morgan fingerprint density at radius 2 is 2.10 bits per heavy atom. The molecule has 0 spiro atoms. The highest BCUT2D eigenvalue weighted by Gasteiger charge is 2.19. The van der Waals surface area contributed by atoms with Crippen LogP contribution in [0.1, 0.15) is 12.8 Å². The van der Waals surface area contributed by atoms with Gasteiger partial charge in [0.05, 0.1) is 0 Å². The van der Waals surface area contributed by atoms with Crippen molar-refractivity contribution in [1.29, 1.82) is 0 Å². The predicted octanol–water partition coefficient (Wildman–Crippen LogP) is -0.364. The highest BCUT2D eigenvalue weighted by molar-refractivity contribution is 7.38. The fraction of sp³-hybridized carbons (Fsp3) is 0.600. The molecule has 0 radical (unpaired) electrons. The number of hydrogen-bond acceptors (Lipinski definition) is 4. The summed E-state index contributed by atoms with van der Waals surface area (Å²) in [4.78, 5) is 29.8. The van der Waals surface area contributed by atoms with E-state index >= 15 is 0 Å². The molecule has 0 heterocycles. The molecule has 0 aromatic carbocycles. The van der Waals surface area contributed by atoms with Crippen LogP contribution in [-0.4, -0.2) is 18.2 Å². The van der Waals surface area contributed by atoms with Crippen molar-refractivity contribution in [2.45, 2.75) is 18.5 Å². The van der Waals surface area contributed by atoms with Gasteiger partial charge < -0.3 is 9.69 Å². The zero-order valence-electron chi connectivity index (χ0n) is 5.23. The molecule has 10 heavy (non-hydrogen) atoms. The average molecular weight is 162 g/mol. The number of carbonyl (C=O) groups is 2. The third kappa shape index (κ3) is 3.43. The number of carbonyl (C=O) groups excluding carboxylic acids is 2. The summed E-state index contributed by atoms with van der Waals surface area (Å²) in [5, 5.41) is 0. The van der Waals surface area contributed by atoms with E-state index in [0.717, 1.165) is 0 Å². The molecule has 0 aliphatic heterocycles. The first-order valence-electron chi connectivity index (χ1n) is 2.74. The van der Waals surface area contributed by atoms with E-state index in [4.69, 9.17) is 0 Å².